The predicted molar refractivity (Wildman–Crippen MR) is 76.8 cm³/mol. The van der Waals surface area contributed by atoms with Gasteiger partial charge in [0.15, 0.2) is 0 Å². The van der Waals surface area contributed by atoms with E-state index in [2.05, 4.69) is 13.8 Å². The lowest BCUT2D eigenvalue weighted by molar-refractivity contribution is -0.109. The summed E-state index contributed by atoms with van der Waals surface area (Å²) in [6.45, 7) is 5.18. The van der Waals surface area contributed by atoms with Gasteiger partial charge in [-0.2, -0.15) is 0 Å². The Hall–Kier alpha value is -0.0800. The van der Waals surface area contributed by atoms with Gasteiger partial charge in [0.05, 0.1) is 11.7 Å². The summed E-state index contributed by atoms with van der Waals surface area (Å²) in [6, 6.07) is 0. The van der Waals surface area contributed by atoms with E-state index in [1.165, 1.54) is 38.5 Å². The fourth-order valence-corrected chi connectivity index (χ4v) is 2.97. The molecule has 0 saturated carbocycles. The van der Waals surface area contributed by atoms with E-state index in [0.29, 0.717) is 6.10 Å². The number of ether oxygens (including phenoxy) is 1. The van der Waals surface area contributed by atoms with E-state index in [0.717, 1.165) is 38.7 Å². The maximum absolute atomic E-state index is 10.6. The highest BCUT2D eigenvalue weighted by molar-refractivity contribution is 4.85. The molecule has 0 aromatic heterocycles. The smallest absolute Gasteiger partial charge is 0.0694 e. The number of aliphatic hydroxyl groups is 1. The molecular weight excluding hydrogens is 224 g/mol. The monoisotopic (exact) mass is 256 g/mol. The van der Waals surface area contributed by atoms with Crippen LogP contribution in [0.4, 0.5) is 0 Å². The number of hydrogen-bond donors (Lipinski definition) is 1. The van der Waals surface area contributed by atoms with E-state index in [1.54, 1.807) is 0 Å². The largest absolute Gasteiger partial charge is 0.390 e. The summed E-state index contributed by atoms with van der Waals surface area (Å²) in [4.78, 5) is 0. The summed E-state index contributed by atoms with van der Waals surface area (Å²) in [7, 11) is 0. The molecule has 0 radical (unpaired) electrons. The molecule has 1 heterocycles. The van der Waals surface area contributed by atoms with Crippen LogP contribution < -0.4 is 0 Å². The molecule has 1 fully saturated rings. The minimum atomic E-state index is -0.428. The highest BCUT2D eigenvalue weighted by atomic mass is 16.5. The molecule has 2 unspecified atom stereocenters. The lowest BCUT2D eigenvalue weighted by atomic mass is 9.84. The third kappa shape index (κ3) is 6.19. The SMILES string of the molecule is CCCCCCCCC1(O)CCOC(CCC)C1. The molecule has 0 bridgehead atoms. The van der Waals surface area contributed by atoms with E-state index < -0.39 is 5.60 Å². The molecule has 2 heteroatoms. The van der Waals surface area contributed by atoms with Gasteiger partial charge in [0.2, 0.25) is 0 Å². The Morgan fingerprint density at radius 1 is 1.06 bits per heavy atom. The lowest BCUT2D eigenvalue weighted by Crippen LogP contribution is -2.40. The second kappa shape index (κ2) is 8.92. The first kappa shape index (κ1) is 16.0. The molecule has 2 nitrogen and oxygen atoms in total. The number of unbranched alkanes of at least 4 members (excludes halogenated alkanes) is 5. The van der Waals surface area contributed by atoms with Crippen LogP contribution >= 0.6 is 0 Å². The maximum atomic E-state index is 10.6. The number of hydrogen-bond acceptors (Lipinski definition) is 2. The van der Waals surface area contributed by atoms with Crippen molar-refractivity contribution in [2.75, 3.05) is 6.61 Å². The molecule has 0 spiro atoms. The molecule has 108 valence electrons. The average Bonchev–Trinajstić information content (AvgIpc) is 2.34. The Balaban J connectivity index is 2.14. The van der Waals surface area contributed by atoms with Crippen molar-refractivity contribution < 1.29 is 9.84 Å². The van der Waals surface area contributed by atoms with Gasteiger partial charge >= 0.3 is 0 Å². The van der Waals surface area contributed by atoms with Gasteiger partial charge in [-0.25, -0.2) is 0 Å². The average molecular weight is 256 g/mol. The van der Waals surface area contributed by atoms with E-state index >= 15 is 0 Å². The normalized spacial score (nSPS) is 28.5. The van der Waals surface area contributed by atoms with E-state index in [9.17, 15) is 5.11 Å². The van der Waals surface area contributed by atoms with Crippen molar-refractivity contribution in [2.24, 2.45) is 0 Å². The fourth-order valence-electron chi connectivity index (χ4n) is 2.97. The summed E-state index contributed by atoms with van der Waals surface area (Å²) < 4.78 is 5.71. The quantitative estimate of drug-likeness (QED) is 0.618. The first-order chi connectivity index (χ1) is 8.70. The minimum absolute atomic E-state index is 0.300. The number of rotatable bonds is 9. The van der Waals surface area contributed by atoms with Gasteiger partial charge in [-0.1, -0.05) is 58.8 Å². The molecule has 1 aliphatic heterocycles. The standard InChI is InChI=1S/C16H32O2/c1-3-5-6-7-8-9-11-16(17)12-13-18-15(14-16)10-4-2/h15,17H,3-14H2,1-2H3. The van der Waals surface area contributed by atoms with E-state index in [-0.39, 0.29) is 0 Å². The van der Waals surface area contributed by atoms with Gasteiger partial charge in [-0.3, -0.25) is 0 Å². The van der Waals surface area contributed by atoms with Crippen molar-refractivity contribution in [3.63, 3.8) is 0 Å². The molecule has 2 atom stereocenters. The molecule has 1 rings (SSSR count). The third-order valence-corrected chi connectivity index (χ3v) is 4.13. The Kier molecular flexibility index (Phi) is 7.92. The van der Waals surface area contributed by atoms with E-state index in [1.807, 2.05) is 0 Å². The van der Waals surface area contributed by atoms with Crippen molar-refractivity contribution in [1.82, 2.24) is 0 Å². The van der Waals surface area contributed by atoms with Crippen LogP contribution in [0.1, 0.15) is 84.5 Å². The van der Waals surface area contributed by atoms with Crippen LogP contribution in [-0.2, 0) is 4.74 Å². The topological polar surface area (TPSA) is 29.5 Å². The molecule has 1 saturated heterocycles. The Morgan fingerprint density at radius 3 is 2.50 bits per heavy atom. The molecule has 1 N–H and O–H groups in total. The molecule has 0 aromatic carbocycles. The summed E-state index contributed by atoms with van der Waals surface area (Å²) in [5.41, 5.74) is -0.428. The first-order valence-electron chi connectivity index (χ1n) is 8.04. The van der Waals surface area contributed by atoms with Crippen molar-refractivity contribution in [2.45, 2.75) is 96.2 Å². The van der Waals surface area contributed by atoms with Gasteiger partial charge in [-0.15, -0.1) is 0 Å². The molecule has 18 heavy (non-hydrogen) atoms. The summed E-state index contributed by atoms with van der Waals surface area (Å²) in [5.74, 6) is 0. The molecule has 0 amide bonds. The molecule has 0 aliphatic carbocycles. The van der Waals surface area contributed by atoms with Crippen LogP contribution in [0.3, 0.4) is 0 Å². The van der Waals surface area contributed by atoms with E-state index in [4.69, 9.17) is 4.74 Å². The van der Waals surface area contributed by atoms with Crippen molar-refractivity contribution in [3.05, 3.63) is 0 Å². The lowest BCUT2D eigenvalue weighted by Gasteiger charge is -2.37. The van der Waals surface area contributed by atoms with Crippen LogP contribution in [0.15, 0.2) is 0 Å². The maximum Gasteiger partial charge on any atom is 0.0694 e. The van der Waals surface area contributed by atoms with Gasteiger partial charge in [0.1, 0.15) is 0 Å². The Labute approximate surface area is 113 Å². The molecular formula is C16H32O2. The first-order valence-corrected chi connectivity index (χ1v) is 8.04. The Morgan fingerprint density at radius 2 is 1.78 bits per heavy atom. The van der Waals surface area contributed by atoms with Crippen LogP contribution in [0.5, 0.6) is 0 Å². The highest BCUT2D eigenvalue weighted by Crippen LogP contribution is 2.31. The summed E-state index contributed by atoms with van der Waals surface area (Å²) in [6.07, 6.45) is 13.0. The van der Waals surface area contributed by atoms with Gasteiger partial charge < -0.3 is 9.84 Å². The van der Waals surface area contributed by atoms with Crippen LogP contribution in [0.25, 0.3) is 0 Å². The zero-order chi connectivity index (χ0) is 13.3. The van der Waals surface area contributed by atoms with Crippen molar-refractivity contribution >= 4 is 0 Å². The zero-order valence-corrected chi connectivity index (χ0v) is 12.4. The van der Waals surface area contributed by atoms with Crippen molar-refractivity contribution in [3.8, 4) is 0 Å². The van der Waals surface area contributed by atoms with Gasteiger partial charge in [0, 0.05) is 13.0 Å². The zero-order valence-electron chi connectivity index (χ0n) is 12.4. The van der Waals surface area contributed by atoms with Gasteiger partial charge in [-0.05, 0) is 19.3 Å². The van der Waals surface area contributed by atoms with Gasteiger partial charge in [0.25, 0.3) is 0 Å². The van der Waals surface area contributed by atoms with Crippen LogP contribution in [0, 0.1) is 0 Å². The Bertz CT molecular complexity index is 203. The summed E-state index contributed by atoms with van der Waals surface area (Å²) in [5, 5.41) is 10.6. The van der Waals surface area contributed by atoms with Crippen LogP contribution in [-0.4, -0.2) is 23.4 Å². The predicted octanol–water partition coefficient (Wildman–Crippen LogP) is 4.45. The molecule has 0 aromatic rings. The minimum Gasteiger partial charge on any atom is -0.390 e. The second-order valence-electron chi connectivity index (χ2n) is 5.98. The molecule has 1 aliphatic rings. The third-order valence-electron chi connectivity index (χ3n) is 4.13. The second-order valence-corrected chi connectivity index (χ2v) is 5.98. The van der Waals surface area contributed by atoms with Crippen LogP contribution in [0.2, 0.25) is 0 Å². The van der Waals surface area contributed by atoms with Crippen molar-refractivity contribution in [1.29, 1.82) is 0 Å². The summed E-state index contributed by atoms with van der Waals surface area (Å²) >= 11 is 0. The fraction of sp³-hybridized carbons (Fsp3) is 1.00. The highest BCUT2D eigenvalue weighted by Gasteiger charge is 2.33.